The van der Waals surface area contributed by atoms with Crippen LogP contribution in [0, 0.1) is 5.82 Å². The van der Waals surface area contributed by atoms with Crippen LogP contribution in [0.5, 0.6) is 0 Å². The van der Waals surface area contributed by atoms with Crippen molar-refractivity contribution >= 4 is 23.6 Å². The van der Waals surface area contributed by atoms with Gasteiger partial charge in [-0.2, -0.15) is 0 Å². The molecule has 154 valence electrons. The first-order chi connectivity index (χ1) is 14.5. The van der Waals surface area contributed by atoms with E-state index in [4.69, 9.17) is 5.84 Å². The third kappa shape index (κ3) is 4.23. The maximum absolute atomic E-state index is 13.2. The fraction of sp³-hybridized carbons (Fsp3) is 0.227. The maximum Gasteiger partial charge on any atom is 0.260 e. The lowest BCUT2D eigenvalue weighted by Crippen LogP contribution is -2.41. The summed E-state index contributed by atoms with van der Waals surface area (Å²) in [7, 11) is 0. The van der Waals surface area contributed by atoms with Gasteiger partial charge in [-0.15, -0.1) is 0 Å². The number of hydrogen-bond acceptors (Lipinski definition) is 5. The van der Waals surface area contributed by atoms with Crippen LogP contribution in [0.1, 0.15) is 29.6 Å². The number of imide groups is 1. The highest BCUT2D eigenvalue weighted by Gasteiger charge is 2.33. The SMILES string of the molecule is Nn1cc(-c2ccccc2)nc1SC1CCCCN(C(=O)c2ccc(F)cc2)C1=O. The Morgan fingerprint density at radius 3 is 2.57 bits per heavy atom. The van der Waals surface area contributed by atoms with Crippen molar-refractivity contribution in [3.63, 3.8) is 0 Å². The monoisotopic (exact) mass is 424 g/mol. The average molecular weight is 425 g/mol. The number of nitrogen functional groups attached to an aromatic ring is 1. The van der Waals surface area contributed by atoms with E-state index in [9.17, 15) is 14.0 Å². The number of imidazole rings is 1. The molecule has 0 radical (unpaired) electrons. The number of carbonyl (C=O) groups excluding carboxylic acids is 2. The summed E-state index contributed by atoms with van der Waals surface area (Å²) in [5.74, 6) is 4.98. The average Bonchev–Trinajstić information content (AvgIpc) is 3.03. The van der Waals surface area contributed by atoms with Gasteiger partial charge in [0.15, 0.2) is 5.16 Å². The van der Waals surface area contributed by atoms with Gasteiger partial charge in [0.05, 0.1) is 17.1 Å². The topological polar surface area (TPSA) is 81.2 Å². The molecular weight excluding hydrogens is 403 g/mol. The number of hydrogen-bond donors (Lipinski definition) is 1. The second kappa shape index (κ2) is 8.71. The molecule has 1 fully saturated rings. The standard InChI is InChI=1S/C22H21FN4O2S/c23-17-11-9-16(10-12-17)20(28)26-13-5-4-8-19(21(26)29)30-22-25-18(14-27(22)24)15-6-2-1-3-7-15/h1-3,6-7,9-12,14,19H,4-5,8,13,24H2. The van der Waals surface area contributed by atoms with Gasteiger partial charge in [-0.25, -0.2) is 14.1 Å². The third-order valence-corrected chi connectivity index (χ3v) is 6.23. The molecule has 2 N–H and O–H groups in total. The number of amides is 2. The van der Waals surface area contributed by atoms with Crippen molar-refractivity contribution in [2.75, 3.05) is 12.4 Å². The van der Waals surface area contributed by atoms with Crippen LogP contribution < -0.4 is 5.84 Å². The Labute approximate surface area is 177 Å². The van der Waals surface area contributed by atoms with Gasteiger partial charge in [-0.3, -0.25) is 14.5 Å². The first kappa shape index (κ1) is 20.2. The van der Waals surface area contributed by atoms with Crippen molar-refractivity contribution in [3.05, 3.63) is 72.2 Å². The van der Waals surface area contributed by atoms with E-state index in [2.05, 4.69) is 4.98 Å². The summed E-state index contributed by atoms with van der Waals surface area (Å²) in [5, 5.41) is 0.0495. The van der Waals surface area contributed by atoms with Crippen LogP contribution in [-0.4, -0.2) is 38.2 Å². The van der Waals surface area contributed by atoms with E-state index in [1.165, 1.54) is 45.6 Å². The second-order valence-corrected chi connectivity index (χ2v) is 8.26. The molecule has 0 aliphatic carbocycles. The number of thioether (sulfide) groups is 1. The lowest BCUT2D eigenvalue weighted by molar-refractivity contribution is -0.127. The first-order valence-electron chi connectivity index (χ1n) is 9.71. The Balaban J connectivity index is 1.54. The van der Waals surface area contributed by atoms with Crippen LogP contribution in [0.3, 0.4) is 0 Å². The molecule has 2 amide bonds. The predicted molar refractivity (Wildman–Crippen MR) is 114 cm³/mol. The number of nitrogens with two attached hydrogens (primary N) is 1. The number of likely N-dealkylation sites (tertiary alicyclic amines) is 1. The molecule has 2 aromatic carbocycles. The van der Waals surface area contributed by atoms with Crippen LogP contribution >= 0.6 is 11.8 Å². The summed E-state index contributed by atoms with van der Waals surface area (Å²) in [6, 6.07) is 14.9. The molecule has 1 aromatic heterocycles. The zero-order valence-corrected chi connectivity index (χ0v) is 17.0. The third-order valence-electron chi connectivity index (χ3n) is 4.99. The van der Waals surface area contributed by atoms with Gasteiger partial charge in [0, 0.05) is 17.7 Å². The molecule has 1 aliphatic rings. The molecule has 2 heterocycles. The quantitative estimate of drug-likeness (QED) is 0.510. The van der Waals surface area contributed by atoms with E-state index in [-0.39, 0.29) is 5.91 Å². The van der Waals surface area contributed by atoms with Gasteiger partial charge < -0.3 is 5.84 Å². The van der Waals surface area contributed by atoms with Crippen LogP contribution in [0.2, 0.25) is 0 Å². The van der Waals surface area contributed by atoms with E-state index in [0.717, 1.165) is 24.1 Å². The number of nitrogens with zero attached hydrogens (tertiary/aromatic N) is 3. The van der Waals surface area contributed by atoms with E-state index < -0.39 is 17.0 Å². The lowest BCUT2D eigenvalue weighted by Gasteiger charge is -2.22. The first-order valence-corrected chi connectivity index (χ1v) is 10.6. The van der Waals surface area contributed by atoms with Crippen molar-refractivity contribution in [1.82, 2.24) is 14.6 Å². The van der Waals surface area contributed by atoms with Crippen LogP contribution in [-0.2, 0) is 4.79 Å². The highest BCUT2D eigenvalue weighted by molar-refractivity contribution is 8.00. The van der Waals surface area contributed by atoms with Gasteiger partial charge in [0.25, 0.3) is 5.91 Å². The van der Waals surface area contributed by atoms with E-state index in [0.29, 0.717) is 23.7 Å². The smallest absolute Gasteiger partial charge is 0.260 e. The number of aromatic nitrogens is 2. The molecule has 0 saturated carbocycles. The van der Waals surface area contributed by atoms with Crippen molar-refractivity contribution in [3.8, 4) is 11.3 Å². The maximum atomic E-state index is 13.2. The molecule has 8 heteroatoms. The lowest BCUT2D eigenvalue weighted by atomic mass is 10.2. The predicted octanol–water partition coefficient (Wildman–Crippen LogP) is 3.72. The Hall–Kier alpha value is -3.13. The number of halogens is 1. The zero-order chi connectivity index (χ0) is 21.1. The van der Waals surface area contributed by atoms with Crippen molar-refractivity contribution in [2.45, 2.75) is 29.7 Å². The molecule has 0 spiro atoms. The molecule has 0 bridgehead atoms. The van der Waals surface area contributed by atoms with E-state index in [1.54, 1.807) is 6.20 Å². The fourth-order valence-electron chi connectivity index (χ4n) is 3.41. The van der Waals surface area contributed by atoms with E-state index >= 15 is 0 Å². The summed E-state index contributed by atoms with van der Waals surface area (Å²) >= 11 is 1.27. The summed E-state index contributed by atoms with van der Waals surface area (Å²) in [5.41, 5.74) is 1.95. The fourth-order valence-corrected chi connectivity index (χ4v) is 4.50. The number of rotatable bonds is 4. The molecule has 1 saturated heterocycles. The summed E-state index contributed by atoms with van der Waals surface area (Å²) < 4.78 is 14.6. The Morgan fingerprint density at radius 2 is 1.83 bits per heavy atom. The largest absolute Gasteiger partial charge is 0.337 e. The number of benzene rings is 2. The van der Waals surface area contributed by atoms with E-state index in [1.807, 2.05) is 30.3 Å². The van der Waals surface area contributed by atoms with Gasteiger partial charge in [0.2, 0.25) is 5.91 Å². The van der Waals surface area contributed by atoms with Gasteiger partial charge in [-0.1, -0.05) is 48.5 Å². The second-order valence-electron chi connectivity index (χ2n) is 7.09. The van der Waals surface area contributed by atoms with Gasteiger partial charge >= 0.3 is 0 Å². The molecule has 1 aliphatic heterocycles. The molecule has 4 rings (SSSR count). The Bertz CT molecular complexity index is 1050. The Kier molecular flexibility index (Phi) is 5.85. The summed E-state index contributed by atoms with van der Waals surface area (Å²) in [6.45, 7) is 0.346. The van der Waals surface area contributed by atoms with Crippen LogP contribution in [0.25, 0.3) is 11.3 Å². The highest BCUT2D eigenvalue weighted by atomic mass is 32.2. The van der Waals surface area contributed by atoms with Gasteiger partial charge in [-0.05, 0) is 37.1 Å². The molecular formula is C22H21FN4O2S. The van der Waals surface area contributed by atoms with Crippen molar-refractivity contribution in [2.24, 2.45) is 0 Å². The minimum atomic E-state index is -0.467. The molecule has 1 unspecified atom stereocenters. The van der Waals surface area contributed by atoms with Crippen LogP contribution in [0.15, 0.2) is 66.0 Å². The minimum Gasteiger partial charge on any atom is -0.337 e. The summed E-state index contributed by atoms with van der Waals surface area (Å²) in [4.78, 5) is 31.9. The Morgan fingerprint density at radius 1 is 1.10 bits per heavy atom. The molecule has 3 aromatic rings. The molecule has 30 heavy (non-hydrogen) atoms. The van der Waals surface area contributed by atoms with Crippen molar-refractivity contribution in [1.29, 1.82) is 0 Å². The van der Waals surface area contributed by atoms with Crippen molar-refractivity contribution < 1.29 is 14.0 Å². The minimum absolute atomic E-state index is 0.268. The van der Waals surface area contributed by atoms with Gasteiger partial charge in [0.1, 0.15) is 5.82 Å². The molecule has 1 atom stereocenters. The normalized spacial score (nSPS) is 17.0. The van der Waals surface area contributed by atoms with Crippen LogP contribution in [0.4, 0.5) is 4.39 Å². The summed E-state index contributed by atoms with van der Waals surface area (Å²) in [6.07, 6.45) is 3.89. The molecule has 6 nitrogen and oxygen atoms in total. The zero-order valence-electron chi connectivity index (χ0n) is 16.2. The number of carbonyl (C=O) groups is 2. The highest BCUT2D eigenvalue weighted by Crippen LogP contribution is 2.31.